The Bertz CT molecular complexity index is 803. The zero-order chi connectivity index (χ0) is 18.6. The van der Waals surface area contributed by atoms with E-state index in [0.717, 1.165) is 38.6 Å². The molecule has 0 heterocycles. The monoisotopic (exact) mass is 350 g/mol. The van der Waals surface area contributed by atoms with Crippen LogP contribution < -0.4 is 0 Å². The van der Waals surface area contributed by atoms with Crippen molar-refractivity contribution in [2.24, 2.45) is 0 Å². The van der Waals surface area contributed by atoms with Gasteiger partial charge in [-0.3, -0.25) is 5.41 Å². The van der Waals surface area contributed by atoms with Crippen LogP contribution in [0.4, 0.5) is 0 Å². The van der Waals surface area contributed by atoms with Gasteiger partial charge in [-0.15, -0.1) is 11.8 Å². The maximum Gasteiger partial charge on any atom is 0.132 e. The second kappa shape index (κ2) is 8.21. The highest BCUT2D eigenvalue weighted by molar-refractivity contribution is 8.03. The maximum absolute atomic E-state index is 8.51. The summed E-state index contributed by atoms with van der Waals surface area (Å²) in [5, 5.41) is 9.35. The molecular formula is C22H26N2S. The molecule has 0 aliphatic rings. The zero-order valence-electron chi connectivity index (χ0n) is 15.5. The van der Waals surface area contributed by atoms with Crippen molar-refractivity contribution in [3.05, 3.63) is 88.5 Å². The van der Waals surface area contributed by atoms with Crippen molar-refractivity contribution in [3.8, 4) is 0 Å². The molecule has 0 saturated heterocycles. The van der Waals surface area contributed by atoms with E-state index in [4.69, 9.17) is 5.41 Å². The SMILES string of the molecule is C=C(CSC(=C)N(C)C(=N)c1cc(C)ccc1C)c1ccc(C)cc1. The first kappa shape index (κ1) is 19.1. The fourth-order valence-electron chi connectivity index (χ4n) is 2.44. The van der Waals surface area contributed by atoms with E-state index in [1.54, 1.807) is 11.8 Å². The lowest BCUT2D eigenvalue weighted by molar-refractivity contribution is 0.670. The molecule has 0 aromatic heterocycles. The molecule has 0 unspecified atom stereocenters. The topological polar surface area (TPSA) is 27.1 Å². The quantitative estimate of drug-likeness (QED) is 0.527. The molecule has 0 atom stereocenters. The molecule has 2 aromatic carbocycles. The van der Waals surface area contributed by atoms with Gasteiger partial charge in [0.2, 0.25) is 0 Å². The minimum Gasteiger partial charge on any atom is -0.325 e. The highest BCUT2D eigenvalue weighted by Gasteiger charge is 2.14. The van der Waals surface area contributed by atoms with Crippen LogP contribution in [0.2, 0.25) is 0 Å². The third kappa shape index (κ3) is 4.86. The maximum atomic E-state index is 8.51. The van der Waals surface area contributed by atoms with Gasteiger partial charge in [-0.25, -0.2) is 0 Å². The van der Waals surface area contributed by atoms with Crippen molar-refractivity contribution in [1.82, 2.24) is 4.90 Å². The number of rotatable bonds is 6. The average molecular weight is 351 g/mol. The lowest BCUT2D eigenvalue weighted by atomic mass is 10.0. The minimum absolute atomic E-state index is 0.472. The lowest BCUT2D eigenvalue weighted by Gasteiger charge is -2.23. The average Bonchev–Trinajstić information content (AvgIpc) is 2.60. The molecule has 0 fully saturated rings. The molecule has 2 rings (SSSR count). The van der Waals surface area contributed by atoms with Crippen LogP contribution in [-0.4, -0.2) is 23.5 Å². The molecule has 0 bridgehead atoms. The molecule has 0 radical (unpaired) electrons. The molecule has 0 aliphatic carbocycles. The van der Waals surface area contributed by atoms with Gasteiger partial charge in [0, 0.05) is 18.4 Å². The van der Waals surface area contributed by atoms with E-state index in [1.165, 1.54) is 5.56 Å². The Morgan fingerprint density at radius 1 is 1.00 bits per heavy atom. The molecule has 1 N–H and O–H groups in total. The minimum atomic E-state index is 0.472. The van der Waals surface area contributed by atoms with Gasteiger partial charge < -0.3 is 4.90 Å². The standard InChI is InChI=1S/C22H26N2S/c1-15-8-11-20(12-9-15)18(4)14-25-19(5)24(6)22(23)21-13-16(2)7-10-17(21)3/h7-13,23H,4-5,14H2,1-3,6H3. The van der Waals surface area contributed by atoms with Gasteiger partial charge in [-0.2, -0.15) is 0 Å². The van der Waals surface area contributed by atoms with E-state index in [2.05, 4.69) is 62.5 Å². The van der Waals surface area contributed by atoms with E-state index < -0.39 is 0 Å². The van der Waals surface area contributed by atoms with Gasteiger partial charge in [0.25, 0.3) is 0 Å². The molecule has 130 valence electrons. The summed E-state index contributed by atoms with van der Waals surface area (Å²) in [6, 6.07) is 14.6. The van der Waals surface area contributed by atoms with Crippen molar-refractivity contribution in [2.45, 2.75) is 20.8 Å². The van der Waals surface area contributed by atoms with E-state index >= 15 is 0 Å². The molecule has 3 heteroatoms. The summed E-state index contributed by atoms with van der Waals surface area (Å²) in [5.41, 5.74) is 6.67. The van der Waals surface area contributed by atoms with Gasteiger partial charge in [0.15, 0.2) is 0 Å². The molecule has 0 spiro atoms. The van der Waals surface area contributed by atoms with Crippen molar-refractivity contribution < 1.29 is 0 Å². The number of nitrogens with one attached hydrogen (secondary N) is 1. The summed E-state index contributed by atoms with van der Waals surface area (Å²) in [6.07, 6.45) is 0. The first-order valence-electron chi connectivity index (χ1n) is 8.26. The summed E-state index contributed by atoms with van der Waals surface area (Å²) in [7, 11) is 1.90. The van der Waals surface area contributed by atoms with Crippen molar-refractivity contribution in [2.75, 3.05) is 12.8 Å². The first-order chi connectivity index (χ1) is 11.8. The first-order valence-corrected chi connectivity index (χ1v) is 9.24. The second-order valence-electron chi connectivity index (χ2n) is 6.38. The number of nitrogens with zero attached hydrogens (tertiary/aromatic N) is 1. The number of benzene rings is 2. The zero-order valence-corrected chi connectivity index (χ0v) is 16.3. The van der Waals surface area contributed by atoms with Crippen LogP contribution in [0.15, 0.2) is 60.7 Å². The Kier molecular flexibility index (Phi) is 6.27. The van der Waals surface area contributed by atoms with Gasteiger partial charge in [0.05, 0.1) is 5.03 Å². The van der Waals surface area contributed by atoms with Crippen LogP contribution in [0, 0.1) is 26.2 Å². The molecule has 0 aliphatic heterocycles. The van der Waals surface area contributed by atoms with Crippen LogP contribution in [0.5, 0.6) is 0 Å². The van der Waals surface area contributed by atoms with Gasteiger partial charge >= 0.3 is 0 Å². The van der Waals surface area contributed by atoms with Gasteiger partial charge in [-0.05, 0) is 43.5 Å². The molecule has 25 heavy (non-hydrogen) atoms. The summed E-state index contributed by atoms with van der Waals surface area (Å²) in [5.74, 6) is 1.23. The normalized spacial score (nSPS) is 10.4. The van der Waals surface area contributed by atoms with E-state index in [-0.39, 0.29) is 0 Å². The smallest absolute Gasteiger partial charge is 0.132 e. The van der Waals surface area contributed by atoms with Crippen LogP contribution >= 0.6 is 11.8 Å². The fourth-order valence-corrected chi connectivity index (χ4v) is 3.23. The van der Waals surface area contributed by atoms with E-state index in [0.29, 0.717) is 5.84 Å². The summed E-state index contributed by atoms with van der Waals surface area (Å²) in [4.78, 5) is 1.84. The molecule has 2 nitrogen and oxygen atoms in total. The third-order valence-electron chi connectivity index (χ3n) is 4.23. The summed E-state index contributed by atoms with van der Waals surface area (Å²) in [6.45, 7) is 14.5. The van der Waals surface area contributed by atoms with Crippen LogP contribution in [-0.2, 0) is 0 Å². The van der Waals surface area contributed by atoms with E-state index in [1.807, 2.05) is 25.8 Å². The van der Waals surface area contributed by atoms with Crippen LogP contribution in [0.25, 0.3) is 5.57 Å². The van der Waals surface area contributed by atoms with Gasteiger partial charge in [0.1, 0.15) is 5.84 Å². The number of aryl methyl sites for hydroxylation is 3. The van der Waals surface area contributed by atoms with Crippen molar-refractivity contribution in [1.29, 1.82) is 5.41 Å². The lowest BCUT2D eigenvalue weighted by Crippen LogP contribution is -2.25. The van der Waals surface area contributed by atoms with Crippen LogP contribution in [0.3, 0.4) is 0 Å². The molecule has 0 saturated carbocycles. The predicted octanol–water partition coefficient (Wildman–Crippen LogP) is 5.79. The summed E-state index contributed by atoms with van der Waals surface area (Å²) >= 11 is 1.62. The number of hydrogen-bond acceptors (Lipinski definition) is 2. The Balaban J connectivity index is 2.00. The highest BCUT2D eigenvalue weighted by Crippen LogP contribution is 2.26. The number of hydrogen-bond donors (Lipinski definition) is 1. The van der Waals surface area contributed by atoms with E-state index in [9.17, 15) is 0 Å². The summed E-state index contributed by atoms with van der Waals surface area (Å²) < 4.78 is 0. The Morgan fingerprint density at radius 3 is 2.24 bits per heavy atom. The largest absolute Gasteiger partial charge is 0.325 e. The highest BCUT2D eigenvalue weighted by atomic mass is 32.2. The third-order valence-corrected chi connectivity index (χ3v) is 5.33. The second-order valence-corrected chi connectivity index (χ2v) is 7.43. The number of amidine groups is 1. The molecule has 0 amide bonds. The molecular weight excluding hydrogens is 324 g/mol. The Labute approximate surface area is 155 Å². The fraction of sp³-hybridized carbons (Fsp3) is 0.227. The predicted molar refractivity (Wildman–Crippen MR) is 112 cm³/mol. The molecule has 2 aromatic rings. The van der Waals surface area contributed by atoms with Gasteiger partial charge in [-0.1, -0.05) is 60.7 Å². The van der Waals surface area contributed by atoms with Crippen molar-refractivity contribution in [3.63, 3.8) is 0 Å². The Hall–Kier alpha value is -2.26. The Morgan fingerprint density at radius 2 is 1.60 bits per heavy atom. The van der Waals surface area contributed by atoms with Crippen molar-refractivity contribution >= 4 is 23.2 Å². The van der Waals surface area contributed by atoms with Crippen LogP contribution in [0.1, 0.15) is 27.8 Å². The number of thioether (sulfide) groups is 1.